The molecule has 1 aromatic heterocycles. The van der Waals surface area contributed by atoms with Gasteiger partial charge in [-0.25, -0.2) is 4.68 Å². The first-order valence-electron chi connectivity index (χ1n) is 8.76. The van der Waals surface area contributed by atoms with E-state index in [2.05, 4.69) is 10.4 Å². The second kappa shape index (κ2) is 7.96. The Kier molecular flexibility index (Phi) is 5.48. The molecule has 3 rings (SSSR count). The second-order valence-electron chi connectivity index (χ2n) is 6.16. The number of benzene rings is 1. The summed E-state index contributed by atoms with van der Waals surface area (Å²) in [6, 6.07) is 10.8. The smallest absolute Gasteiger partial charge is 0.266 e. The zero-order valence-corrected chi connectivity index (χ0v) is 14.4. The Morgan fingerprint density at radius 2 is 2.00 bits per heavy atom. The highest BCUT2D eigenvalue weighted by Gasteiger charge is 2.24. The van der Waals surface area contributed by atoms with Gasteiger partial charge >= 0.3 is 0 Å². The standard InChI is InChI=1S/C19H23N3O3/c1-2-25-16-8-6-14(7-9-16)17-10-11-18(23)22(21-17)13-12-20-19(24)15-4-3-5-15/h6-11,15H,2-5,12-13H2,1H3,(H,20,24). The van der Waals surface area contributed by atoms with Crippen LogP contribution in [-0.4, -0.2) is 28.8 Å². The maximum atomic E-state index is 12.0. The molecule has 0 atom stereocenters. The van der Waals surface area contributed by atoms with Gasteiger partial charge in [0.15, 0.2) is 0 Å². The van der Waals surface area contributed by atoms with E-state index in [1.54, 1.807) is 6.07 Å². The lowest BCUT2D eigenvalue weighted by Crippen LogP contribution is -2.37. The number of carbonyl (C=O) groups is 1. The molecular weight excluding hydrogens is 318 g/mol. The monoisotopic (exact) mass is 341 g/mol. The number of amides is 1. The summed E-state index contributed by atoms with van der Waals surface area (Å²) in [5, 5.41) is 7.29. The fourth-order valence-electron chi connectivity index (χ4n) is 2.75. The van der Waals surface area contributed by atoms with E-state index in [1.807, 2.05) is 31.2 Å². The Balaban J connectivity index is 1.65. The first-order valence-corrected chi connectivity index (χ1v) is 8.76. The largest absolute Gasteiger partial charge is 0.494 e. The van der Waals surface area contributed by atoms with Crippen LogP contribution >= 0.6 is 0 Å². The van der Waals surface area contributed by atoms with Crippen LogP contribution < -0.4 is 15.6 Å². The first kappa shape index (κ1) is 17.2. The summed E-state index contributed by atoms with van der Waals surface area (Å²) in [6.07, 6.45) is 3.07. The molecule has 25 heavy (non-hydrogen) atoms. The Morgan fingerprint density at radius 1 is 1.24 bits per heavy atom. The normalized spacial score (nSPS) is 14.0. The minimum atomic E-state index is -0.174. The van der Waals surface area contributed by atoms with Gasteiger partial charge in [0.25, 0.3) is 5.56 Å². The molecule has 1 aliphatic rings. The maximum absolute atomic E-state index is 12.0. The zero-order chi connectivity index (χ0) is 17.6. The number of aromatic nitrogens is 2. The van der Waals surface area contributed by atoms with Crippen molar-refractivity contribution in [3.05, 3.63) is 46.8 Å². The molecule has 0 unspecified atom stereocenters. The van der Waals surface area contributed by atoms with Crippen molar-refractivity contribution < 1.29 is 9.53 Å². The third-order valence-corrected chi connectivity index (χ3v) is 4.43. The van der Waals surface area contributed by atoms with Crippen LogP contribution in [0.15, 0.2) is 41.2 Å². The van der Waals surface area contributed by atoms with Gasteiger partial charge in [-0.1, -0.05) is 6.42 Å². The van der Waals surface area contributed by atoms with Gasteiger partial charge in [0.1, 0.15) is 5.75 Å². The Bertz CT molecular complexity index is 779. The van der Waals surface area contributed by atoms with Crippen molar-refractivity contribution in [1.82, 2.24) is 15.1 Å². The molecule has 6 heteroatoms. The van der Waals surface area contributed by atoms with Crippen molar-refractivity contribution in [1.29, 1.82) is 0 Å². The van der Waals surface area contributed by atoms with E-state index in [9.17, 15) is 9.59 Å². The fourth-order valence-corrected chi connectivity index (χ4v) is 2.75. The highest BCUT2D eigenvalue weighted by molar-refractivity contribution is 5.79. The molecule has 6 nitrogen and oxygen atoms in total. The minimum Gasteiger partial charge on any atom is -0.494 e. The van der Waals surface area contributed by atoms with Gasteiger partial charge in [-0.2, -0.15) is 5.10 Å². The van der Waals surface area contributed by atoms with Crippen molar-refractivity contribution in [3.63, 3.8) is 0 Å². The van der Waals surface area contributed by atoms with E-state index in [0.29, 0.717) is 25.4 Å². The number of nitrogens with one attached hydrogen (secondary N) is 1. The van der Waals surface area contributed by atoms with Gasteiger partial charge in [-0.05, 0) is 50.1 Å². The van der Waals surface area contributed by atoms with E-state index in [1.165, 1.54) is 10.7 Å². The molecule has 0 bridgehead atoms. The first-order chi connectivity index (χ1) is 12.2. The molecular formula is C19H23N3O3. The van der Waals surface area contributed by atoms with Crippen molar-refractivity contribution >= 4 is 5.91 Å². The third-order valence-electron chi connectivity index (χ3n) is 4.43. The van der Waals surface area contributed by atoms with Gasteiger partial charge in [0.05, 0.1) is 18.8 Å². The summed E-state index contributed by atoms with van der Waals surface area (Å²) in [5.74, 6) is 1.04. The minimum absolute atomic E-state index is 0.0852. The number of hydrogen-bond acceptors (Lipinski definition) is 4. The highest BCUT2D eigenvalue weighted by atomic mass is 16.5. The molecule has 2 aromatic rings. The van der Waals surface area contributed by atoms with E-state index in [4.69, 9.17) is 4.74 Å². The molecule has 0 radical (unpaired) electrons. The Morgan fingerprint density at radius 3 is 2.64 bits per heavy atom. The van der Waals surface area contributed by atoms with Crippen LogP contribution in [-0.2, 0) is 11.3 Å². The number of carbonyl (C=O) groups excluding carboxylic acids is 1. The average molecular weight is 341 g/mol. The van der Waals surface area contributed by atoms with Crippen LogP contribution in [0.1, 0.15) is 26.2 Å². The fraction of sp³-hybridized carbons (Fsp3) is 0.421. The summed E-state index contributed by atoms with van der Waals surface area (Å²) in [6.45, 7) is 3.33. The van der Waals surface area contributed by atoms with Crippen molar-refractivity contribution in [2.24, 2.45) is 5.92 Å². The number of rotatable bonds is 7. The predicted molar refractivity (Wildman–Crippen MR) is 95.5 cm³/mol. The lowest BCUT2D eigenvalue weighted by atomic mass is 9.85. The topological polar surface area (TPSA) is 73.2 Å². The van der Waals surface area contributed by atoms with Gasteiger partial charge < -0.3 is 10.1 Å². The summed E-state index contributed by atoms with van der Waals surface area (Å²) in [4.78, 5) is 23.8. The maximum Gasteiger partial charge on any atom is 0.266 e. The van der Waals surface area contributed by atoms with Crippen LogP contribution in [0.4, 0.5) is 0 Å². The molecule has 1 fully saturated rings. The van der Waals surface area contributed by atoms with Crippen LogP contribution in [0.3, 0.4) is 0 Å². The molecule has 1 amide bonds. The quantitative estimate of drug-likeness (QED) is 0.838. The van der Waals surface area contributed by atoms with Gasteiger partial charge in [-0.3, -0.25) is 9.59 Å². The Hall–Kier alpha value is -2.63. The summed E-state index contributed by atoms with van der Waals surface area (Å²) in [7, 11) is 0. The van der Waals surface area contributed by atoms with Crippen LogP contribution in [0.5, 0.6) is 5.75 Å². The molecule has 132 valence electrons. The molecule has 0 spiro atoms. The summed E-state index contributed by atoms with van der Waals surface area (Å²) >= 11 is 0. The van der Waals surface area contributed by atoms with Gasteiger partial charge in [0, 0.05) is 24.1 Å². The highest BCUT2D eigenvalue weighted by Crippen LogP contribution is 2.26. The molecule has 1 aromatic carbocycles. The third kappa shape index (κ3) is 4.26. The van der Waals surface area contributed by atoms with Gasteiger partial charge in [0.2, 0.25) is 5.91 Å². The van der Waals surface area contributed by atoms with Crippen molar-refractivity contribution in [3.8, 4) is 17.0 Å². The zero-order valence-electron chi connectivity index (χ0n) is 14.4. The molecule has 1 heterocycles. The molecule has 1 N–H and O–H groups in total. The average Bonchev–Trinajstić information content (AvgIpc) is 2.56. The summed E-state index contributed by atoms with van der Waals surface area (Å²) in [5.41, 5.74) is 1.45. The van der Waals surface area contributed by atoms with E-state index in [0.717, 1.165) is 30.6 Å². The lowest BCUT2D eigenvalue weighted by Gasteiger charge is -2.24. The summed E-state index contributed by atoms with van der Waals surface area (Å²) < 4.78 is 6.83. The van der Waals surface area contributed by atoms with Crippen LogP contribution in [0.25, 0.3) is 11.3 Å². The van der Waals surface area contributed by atoms with E-state index < -0.39 is 0 Å². The number of ether oxygens (including phenoxy) is 1. The second-order valence-corrected chi connectivity index (χ2v) is 6.16. The predicted octanol–water partition coefficient (Wildman–Crippen LogP) is 2.23. The van der Waals surface area contributed by atoms with Gasteiger partial charge in [-0.15, -0.1) is 0 Å². The molecule has 0 aliphatic heterocycles. The van der Waals surface area contributed by atoms with Crippen LogP contribution in [0, 0.1) is 5.92 Å². The molecule has 0 saturated heterocycles. The molecule has 1 saturated carbocycles. The number of nitrogens with zero attached hydrogens (tertiary/aromatic N) is 2. The van der Waals surface area contributed by atoms with E-state index >= 15 is 0 Å². The van der Waals surface area contributed by atoms with Crippen molar-refractivity contribution in [2.75, 3.05) is 13.2 Å². The van der Waals surface area contributed by atoms with Crippen molar-refractivity contribution in [2.45, 2.75) is 32.7 Å². The number of hydrogen-bond donors (Lipinski definition) is 1. The SMILES string of the molecule is CCOc1ccc(-c2ccc(=O)n(CCNC(=O)C3CCC3)n2)cc1. The molecule has 1 aliphatic carbocycles. The van der Waals surface area contributed by atoms with E-state index in [-0.39, 0.29) is 17.4 Å². The van der Waals surface area contributed by atoms with Crippen LogP contribution in [0.2, 0.25) is 0 Å². The Labute approximate surface area is 146 Å². The lowest BCUT2D eigenvalue weighted by molar-refractivity contribution is -0.127.